The summed E-state index contributed by atoms with van der Waals surface area (Å²) in [7, 11) is 0. The summed E-state index contributed by atoms with van der Waals surface area (Å²) >= 11 is 0. The fourth-order valence-corrected chi connectivity index (χ4v) is 0.113. The van der Waals surface area contributed by atoms with E-state index < -0.39 is 18.5 Å². The molecule has 0 fully saturated rings. The van der Waals surface area contributed by atoms with E-state index in [0.29, 0.717) is 0 Å². The minimum atomic E-state index is -2.92. The van der Waals surface area contributed by atoms with Gasteiger partial charge in [0, 0.05) is 0 Å². The Morgan fingerprint density at radius 2 is 1.50 bits per heavy atom. The molecule has 0 amide bonds. The number of aliphatic hydroxyl groups is 2. The van der Waals surface area contributed by atoms with Gasteiger partial charge < -0.3 is 10.2 Å². The highest BCUT2D eigenvalue weighted by Crippen LogP contribution is 1.93. The first-order valence-electron chi connectivity index (χ1n) is 1.73. The predicted octanol–water partition coefficient (Wildman–Crippen LogP) is -0.869. The van der Waals surface area contributed by atoms with Gasteiger partial charge in [-0.15, -0.1) is 0 Å². The van der Waals surface area contributed by atoms with E-state index in [2.05, 4.69) is 0 Å². The van der Waals surface area contributed by atoms with Crippen molar-refractivity contribution in [1.29, 1.82) is 0 Å². The number of rotatable bonds is 2. The van der Waals surface area contributed by atoms with Crippen LogP contribution in [-0.2, 0) is 4.79 Å². The lowest BCUT2D eigenvalue weighted by molar-refractivity contribution is -0.152. The SMILES string of the molecule is O=C(C(O)F)C(O)F. The molecule has 0 heterocycles. The van der Waals surface area contributed by atoms with Crippen molar-refractivity contribution in [3.05, 3.63) is 0 Å². The highest BCUT2D eigenvalue weighted by Gasteiger charge is 2.21. The van der Waals surface area contributed by atoms with Crippen LogP contribution in [-0.4, -0.2) is 28.7 Å². The van der Waals surface area contributed by atoms with Crippen molar-refractivity contribution in [2.75, 3.05) is 0 Å². The second kappa shape index (κ2) is 2.68. The monoisotopic (exact) mass is 126 g/mol. The summed E-state index contributed by atoms with van der Waals surface area (Å²) in [6.45, 7) is 0. The normalized spacial score (nSPS) is 17.5. The zero-order chi connectivity index (χ0) is 6.73. The van der Waals surface area contributed by atoms with Crippen molar-refractivity contribution in [3.63, 3.8) is 0 Å². The molecule has 8 heavy (non-hydrogen) atoms. The second-order valence-corrected chi connectivity index (χ2v) is 1.07. The predicted molar refractivity (Wildman–Crippen MR) is 19.2 cm³/mol. The smallest absolute Gasteiger partial charge is 0.261 e. The minimum absolute atomic E-state index is 1.87. The van der Waals surface area contributed by atoms with Gasteiger partial charge in [0.1, 0.15) is 0 Å². The highest BCUT2D eigenvalue weighted by atomic mass is 19.2. The number of hydrogen-bond donors (Lipinski definition) is 2. The molecule has 0 aromatic rings. The fraction of sp³-hybridized carbons (Fsp3) is 0.667. The van der Waals surface area contributed by atoms with Crippen LogP contribution in [0.3, 0.4) is 0 Å². The van der Waals surface area contributed by atoms with Gasteiger partial charge in [-0.25, -0.2) is 8.78 Å². The molecule has 5 heteroatoms. The molecule has 2 N–H and O–H groups in total. The summed E-state index contributed by atoms with van der Waals surface area (Å²) in [6.07, 6.45) is -5.84. The largest absolute Gasteiger partial charge is 0.358 e. The molecule has 0 saturated carbocycles. The third-order valence-corrected chi connectivity index (χ3v) is 0.470. The maximum absolute atomic E-state index is 11.2. The fourth-order valence-electron chi connectivity index (χ4n) is 0.113. The zero-order valence-corrected chi connectivity index (χ0v) is 3.71. The van der Waals surface area contributed by atoms with Gasteiger partial charge in [-0.1, -0.05) is 0 Å². The van der Waals surface area contributed by atoms with Crippen molar-refractivity contribution in [3.8, 4) is 0 Å². The Labute approximate surface area is 43.6 Å². The molecular formula is C3H4F2O3. The van der Waals surface area contributed by atoms with E-state index in [1.165, 1.54) is 0 Å². The molecule has 0 aliphatic rings. The number of aliphatic hydroxyl groups excluding tert-OH is 2. The molecule has 48 valence electrons. The van der Waals surface area contributed by atoms with E-state index in [1.807, 2.05) is 0 Å². The first kappa shape index (κ1) is 7.45. The third-order valence-electron chi connectivity index (χ3n) is 0.470. The molecule has 0 bridgehead atoms. The maximum Gasteiger partial charge on any atom is 0.261 e. The average Bonchev–Trinajstić information content (AvgIpc) is 1.64. The van der Waals surface area contributed by atoms with Gasteiger partial charge in [-0.3, -0.25) is 4.79 Å². The Kier molecular flexibility index (Phi) is 2.50. The molecule has 0 radical (unpaired) electrons. The summed E-state index contributed by atoms with van der Waals surface area (Å²) in [6, 6.07) is 0. The van der Waals surface area contributed by atoms with Crippen molar-refractivity contribution in [2.45, 2.75) is 12.7 Å². The molecule has 0 aliphatic carbocycles. The molecule has 0 aromatic carbocycles. The van der Waals surface area contributed by atoms with Crippen LogP contribution in [0.5, 0.6) is 0 Å². The minimum Gasteiger partial charge on any atom is -0.358 e. The van der Waals surface area contributed by atoms with E-state index in [4.69, 9.17) is 10.2 Å². The Bertz CT molecular complexity index is 80.5. The standard InChI is InChI=1S/C3H4F2O3/c4-2(7)1(6)3(5)8/h2-3,7-8H. The van der Waals surface area contributed by atoms with Crippen LogP contribution >= 0.6 is 0 Å². The molecule has 2 atom stereocenters. The molecular weight excluding hydrogens is 122 g/mol. The number of alkyl halides is 2. The maximum atomic E-state index is 11.2. The summed E-state index contributed by atoms with van der Waals surface area (Å²) in [5.41, 5.74) is 0. The summed E-state index contributed by atoms with van der Waals surface area (Å²) in [5.74, 6) is -1.87. The lowest BCUT2D eigenvalue weighted by atomic mass is 10.4. The molecule has 0 rings (SSSR count). The number of carbonyl (C=O) groups is 1. The Hall–Kier alpha value is -0.550. The number of carbonyl (C=O) groups excluding carboxylic acids is 1. The van der Waals surface area contributed by atoms with Crippen LogP contribution in [0.25, 0.3) is 0 Å². The zero-order valence-electron chi connectivity index (χ0n) is 3.71. The molecule has 0 aliphatic heterocycles. The summed E-state index contributed by atoms with van der Waals surface area (Å²) < 4.78 is 22.3. The van der Waals surface area contributed by atoms with Crippen LogP contribution in [0, 0.1) is 0 Å². The first-order valence-corrected chi connectivity index (χ1v) is 1.73. The van der Waals surface area contributed by atoms with Gasteiger partial charge in [0.25, 0.3) is 18.5 Å². The van der Waals surface area contributed by atoms with E-state index in [1.54, 1.807) is 0 Å². The highest BCUT2D eigenvalue weighted by molar-refractivity contribution is 5.84. The second-order valence-electron chi connectivity index (χ2n) is 1.07. The van der Waals surface area contributed by atoms with E-state index in [-0.39, 0.29) is 0 Å². The number of Topliss-reactive ketones (excluding diaryl/α,β-unsaturated/α-hetero) is 1. The molecule has 0 aromatic heterocycles. The van der Waals surface area contributed by atoms with Gasteiger partial charge in [-0.2, -0.15) is 0 Å². The Morgan fingerprint density at radius 1 is 1.25 bits per heavy atom. The molecule has 2 unspecified atom stereocenters. The number of hydrogen-bond acceptors (Lipinski definition) is 3. The number of halogens is 2. The van der Waals surface area contributed by atoms with Crippen LogP contribution < -0.4 is 0 Å². The quantitative estimate of drug-likeness (QED) is 0.505. The van der Waals surface area contributed by atoms with Crippen LogP contribution in [0.1, 0.15) is 0 Å². The lowest BCUT2D eigenvalue weighted by Gasteiger charge is -1.97. The molecule has 0 spiro atoms. The third kappa shape index (κ3) is 1.94. The van der Waals surface area contributed by atoms with Gasteiger partial charge in [0.15, 0.2) is 0 Å². The van der Waals surface area contributed by atoms with Gasteiger partial charge in [0.2, 0.25) is 0 Å². The summed E-state index contributed by atoms with van der Waals surface area (Å²) in [5, 5.41) is 15.2. The van der Waals surface area contributed by atoms with E-state index in [0.717, 1.165) is 0 Å². The van der Waals surface area contributed by atoms with Crippen molar-refractivity contribution in [1.82, 2.24) is 0 Å². The van der Waals surface area contributed by atoms with Crippen LogP contribution in [0.4, 0.5) is 8.78 Å². The van der Waals surface area contributed by atoms with Gasteiger partial charge >= 0.3 is 0 Å². The van der Waals surface area contributed by atoms with Crippen molar-refractivity contribution >= 4 is 5.78 Å². The van der Waals surface area contributed by atoms with E-state index in [9.17, 15) is 13.6 Å². The summed E-state index contributed by atoms with van der Waals surface area (Å²) in [4.78, 5) is 9.59. The topological polar surface area (TPSA) is 57.5 Å². The van der Waals surface area contributed by atoms with Crippen molar-refractivity contribution < 1.29 is 23.8 Å². The lowest BCUT2D eigenvalue weighted by Crippen LogP contribution is -2.25. The Morgan fingerprint density at radius 3 is 1.50 bits per heavy atom. The van der Waals surface area contributed by atoms with Gasteiger partial charge in [-0.05, 0) is 0 Å². The Balaban J connectivity index is 3.65. The molecule has 3 nitrogen and oxygen atoms in total. The van der Waals surface area contributed by atoms with Gasteiger partial charge in [0.05, 0.1) is 0 Å². The van der Waals surface area contributed by atoms with Crippen LogP contribution in [0.2, 0.25) is 0 Å². The first-order chi connectivity index (χ1) is 3.55. The number of ketones is 1. The van der Waals surface area contributed by atoms with Crippen LogP contribution in [0.15, 0.2) is 0 Å². The van der Waals surface area contributed by atoms with E-state index >= 15 is 0 Å². The van der Waals surface area contributed by atoms with Crippen molar-refractivity contribution in [2.24, 2.45) is 0 Å². The average molecular weight is 126 g/mol. The molecule has 0 saturated heterocycles.